The van der Waals surface area contributed by atoms with Crippen LogP contribution in [-0.4, -0.2) is 16.7 Å². The molecule has 27 heavy (non-hydrogen) atoms. The quantitative estimate of drug-likeness (QED) is 0.607. The molecule has 2 atom stereocenters. The van der Waals surface area contributed by atoms with Gasteiger partial charge in [0.05, 0.1) is 0 Å². The number of hydrogen-bond donors (Lipinski definition) is 0. The van der Waals surface area contributed by atoms with Gasteiger partial charge in [0.25, 0.3) is 0 Å². The van der Waals surface area contributed by atoms with Gasteiger partial charge < -0.3 is 0 Å². The van der Waals surface area contributed by atoms with E-state index in [0.29, 0.717) is 6.42 Å². The van der Waals surface area contributed by atoms with Crippen molar-refractivity contribution in [3.8, 4) is 0 Å². The number of fused-ring (bicyclic) bond motifs is 1. The highest BCUT2D eigenvalue weighted by Gasteiger charge is 2.31. The molecular formula is C25H25NO. The van der Waals surface area contributed by atoms with Crippen molar-refractivity contribution < 1.29 is 4.79 Å². The van der Waals surface area contributed by atoms with Crippen molar-refractivity contribution in [1.29, 1.82) is 0 Å². The Morgan fingerprint density at radius 1 is 0.852 bits per heavy atom. The van der Waals surface area contributed by atoms with Crippen LogP contribution in [0.5, 0.6) is 0 Å². The van der Waals surface area contributed by atoms with Crippen molar-refractivity contribution in [3.05, 3.63) is 107 Å². The van der Waals surface area contributed by atoms with Crippen molar-refractivity contribution >= 4 is 5.78 Å². The van der Waals surface area contributed by atoms with Gasteiger partial charge in [0.1, 0.15) is 0 Å². The summed E-state index contributed by atoms with van der Waals surface area (Å²) in [5.74, 6) is 0.264. The zero-order valence-electron chi connectivity index (χ0n) is 15.7. The maximum Gasteiger partial charge on any atom is 0.164 e. The summed E-state index contributed by atoms with van der Waals surface area (Å²) in [5, 5.41) is 0. The van der Waals surface area contributed by atoms with Crippen molar-refractivity contribution in [2.75, 3.05) is 0 Å². The monoisotopic (exact) mass is 355 g/mol. The Balaban J connectivity index is 1.66. The van der Waals surface area contributed by atoms with Gasteiger partial charge in [-0.25, -0.2) is 0 Å². The average Bonchev–Trinajstić information content (AvgIpc) is 2.73. The van der Waals surface area contributed by atoms with Crippen LogP contribution in [0.4, 0.5) is 0 Å². The molecule has 0 aromatic heterocycles. The average molecular weight is 355 g/mol. The van der Waals surface area contributed by atoms with Gasteiger partial charge in [0.15, 0.2) is 5.78 Å². The van der Waals surface area contributed by atoms with Gasteiger partial charge in [0, 0.05) is 30.6 Å². The Hall–Kier alpha value is -2.71. The summed E-state index contributed by atoms with van der Waals surface area (Å²) in [4.78, 5) is 15.3. The van der Waals surface area contributed by atoms with E-state index in [1.807, 2.05) is 18.2 Å². The topological polar surface area (TPSA) is 20.3 Å². The second kappa shape index (κ2) is 7.89. The van der Waals surface area contributed by atoms with Crippen LogP contribution in [0.2, 0.25) is 0 Å². The largest absolute Gasteiger partial charge is 0.294 e. The molecule has 3 aromatic carbocycles. The molecule has 0 saturated heterocycles. The maximum absolute atomic E-state index is 12.8. The molecule has 2 heteroatoms. The van der Waals surface area contributed by atoms with Crippen LogP contribution in [0, 0.1) is 0 Å². The first-order valence-corrected chi connectivity index (χ1v) is 9.68. The molecule has 1 aliphatic rings. The molecule has 0 spiro atoms. The van der Waals surface area contributed by atoms with Crippen LogP contribution < -0.4 is 0 Å². The number of benzene rings is 3. The molecule has 2 nitrogen and oxygen atoms in total. The van der Waals surface area contributed by atoms with Gasteiger partial charge in [-0.1, -0.05) is 84.9 Å². The van der Waals surface area contributed by atoms with E-state index >= 15 is 0 Å². The third-order valence-electron chi connectivity index (χ3n) is 5.65. The molecule has 0 radical (unpaired) electrons. The van der Waals surface area contributed by atoms with E-state index in [0.717, 1.165) is 18.5 Å². The molecule has 0 fully saturated rings. The SMILES string of the molecule is C[C@H](c1ccccc1)N(Cc1ccccc1)[C@H]1CC(=O)c2ccccc2C1. The molecule has 1 aliphatic carbocycles. The molecule has 0 heterocycles. The fourth-order valence-corrected chi connectivity index (χ4v) is 4.15. The molecule has 0 saturated carbocycles. The van der Waals surface area contributed by atoms with Crippen molar-refractivity contribution in [3.63, 3.8) is 0 Å². The van der Waals surface area contributed by atoms with Crippen molar-refractivity contribution in [1.82, 2.24) is 4.90 Å². The molecule has 0 bridgehead atoms. The Kier molecular flexibility index (Phi) is 5.17. The molecule has 4 rings (SSSR count). The number of nitrogens with zero attached hydrogens (tertiary/aromatic N) is 1. The molecule has 0 amide bonds. The molecule has 0 unspecified atom stereocenters. The first-order valence-electron chi connectivity index (χ1n) is 9.68. The highest BCUT2D eigenvalue weighted by atomic mass is 16.1. The van der Waals surface area contributed by atoms with Gasteiger partial charge in [-0.05, 0) is 30.0 Å². The zero-order chi connectivity index (χ0) is 18.6. The van der Waals surface area contributed by atoms with Gasteiger partial charge >= 0.3 is 0 Å². The minimum absolute atomic E-state index is 0.211. The summed E-state index contributed by atoms with van der Waals surface area (Å²) < 4.78 is 0. The standard InChI is InChI=1S/C25H25NO/c1-19(21-12-6-3-7-13-21)26(18-20-10-4-2-5-11-20)23-16-22-14-8-9-15-24(22)25(27)17-23/h2-15,19,23H,16-18H2,1H3/t19-,23-/m1/s1. The summed E-state index contributed by atoms with van der Waals surface area (Å²) in [7, 11) is 0. The Morgan fingerprint density at radius 3 is 2.22 bits per heavy atom. The third kappa shape index (κ3) is 3.86. The zero-order valence-corrected chi connectivity index (χ0v) is 15.7. The first-order chi connectivity index (χ1) is 13.2. The van der Waals surface area contributed by atoms with E-state index in [-0.39, 0.29) is 17.9 Å². The minimum atomic E-state index is 0.211. The van der Waals surface area contributed by atoms with Crippen molar-refractivity contribution in [2.45, 2.75) is 38.4 Å². The predicted molar refractivity (Wildman–Crippen MR) is 110 cm³/mol. The van der Waals surface area contributed by atoms with E-state index < -0.39 is 0 Å². The van der Waals surface area contributed by atoms with Gasteiger partial charge in [-0.2, -0.15) is 0 Å². The molecule has 0 N–H and O–H groups in total. The Bertz CT molecular complexity index is 904. The predicted octanol–water partition coefficient (Wildman–Crippen LogP) is 5.45. The van der Waals surface area contributed by atoms with Crippen LogP contribution in [0.15, 0.2) is 84.9 Å². The lowest BCUT2D eigenvalue weighted by Crippen LogP contribution is -2.42. The van der Waals surface area contributed by atoms with Crippen LogP contribution in [0.3, 0.4) is 0 Å². The molecule has 0 aliphatic heterocycles. The van der Waals surface area contributed by atoms with Gasteiger partial charge in [-0.15, -0.1) is 0 Å². The second-order valence-corrected chi connectivity index (χ2v) is 7.39. The van der Waals surface area contributed by atoms with E-state index in [1.165, 1.54) is 16.7 Å². The lowest BCUT2D eigenvalue weighted by Gasteiger charge is -2.39. The minimum Gasteiger partial charge on any atom is -0.294 e. The highest BCUT2D eigenvalue weighted by Crippen LogP contribution is 2.31. The number of ketones is 1. The van der Waals surface area contributed by atoms with E-state index in [1.54, 1.807) is 0 Å². The summed E-state index contributed by atoms with van der Waals surface area (Å²) in [6.45, 7) is 3.10. The van der Waals surface area contributed by atoms with Crippen LogP contribution >= 0.6 is 0 Å². The Morgan fingerprint density at radius 2 is 1.48 bits per heavy atom. The number of rotatable bonds is 5. The third-order valence-corrected chi connectivity index (χ3v) is 5.65. The normalized spacial score (nSPS) is 17.6. The lowest BCUT2D eigenvalue weighted by molar-refractivity contribution is 0.0818. The van der Waals surface area contributed by atoms with Crippen LogP contribution in [-0.2, 0) is 13.0 Å². The van der Waals surface area contributed by atoms with Gasteiger partial charge in [-0.3, -0.25) is 9.69 Å². The van der Waals surface area contributed by atoms with Crippen LogP contribution in [0.25, 0.3) is 0 Å². The van der Waals surface area contributed by atoms with E-state index in [2.05, 4.69) is 78.6 Å². The number of carbonyl (C=O) groups is 1. The van der Waals surface area contributed by atoms with Crippen molar-refractivity contribution in [2.24, 2.45) is 0 Å². The highest BCUT2D eigenvalue weighted by molar-refractivity contribution is 5.99. The first kappa shape index (κ1) is 17.7. The smallest absolute Gasteiger partial charge is 0.164 e. The fraction of sp³-hybridized carbons (Fsp3) is 0.240. The Labute approximate surface area is 161 Å². The van der Waals surface area contributed by atoms with Crippen LogP contribution in [0.1, 0.15) is 46.4 Å². The summed E-state index contributed by atoms with van der Waals surface area (Å²) >= 11 is 0. The number of hydrogen-bond acceptors (Lipinski definition) is 2. The maximum atomic E-state index is 12.8. The van der Waals surface area contributed by atoms with E-state index in [9.17, 15) is 4.79 Å². The van der Waals surface area contributed by atoms with E-state index in [4.69, 9.17) is 0 Å². The summed E-state index contributed by atoms with van der Waals surface area (Å²) in [6, 6.07) is 29.7. The summed E-state index contributed by atoms with van der Waals surface area (Å²) in [6.07, 6.45) is 1.51. The number of carbonyl (C=O) groups excluding carboxylic acids is 1. The molecule has 136 valence electrons. The molecular weight excluding hydrogens is 330 g/mol. The summed E-state index contributed by atoms with van der Waals surface area (Å²) in [5.41, 5.74) is 4.66. The fourth-order valence-electron chi connectivity index (χ4n) is 4.15. The second-order valence-electron chi connectivity index (χ2n) is 7.39. The lowest BCUT2D eigenvalue weighted by atomic mass is 9.85. The molecule has 3 aromatic rings. The number of Topliss-reactive ketones (excluding diaryl/α,β-unsaturated/α-hetero) is 1. The van der Waals surface area contributed by atoms with Gasteiger partial charge in [0.2, 0.25) is 0 Å².